The van der Waals surface area contributed by atoms with Gasteiger partial charge in [-0.15, -0.1) is 0 Å². The Morgan fingerprint density at radius 3 is 3.22 bits per heavy atom. The minimum Gasteiger partial charge on any atom is -0.465 e. The first kappa shape index (κ1) is 12.3. The van der Waals surface area contributed by atoms with Crippen LogP contribution >= 0.6 is 0 Å². The van der Waals surface area contributed by atoms with E-state index in [1.165, 1.54) is 6.20 Å². The van der Waals surface area contributed by atoms with Crippen LogP contribution in [-0.4, -0.2) is 41.3 Å². The van der Waals surface area contributed by atoms with E-state index in [0.29, 0.717) is 24.4 Å². The number of carboxylic acid groups (broad SMARTS) is 1. The van der Waals surface area contributed by atoms with Crippen LogP contribution < -0.4 is 10.6 Å². The number of anilines is 1. The molecule has 2 rings (SSSR count). The number of pyridine rings is 1. The molecule has 96 valence electrons. The summed E-state index contributed by atoms with van der Waals surface area (Å²) in [4.78, 5) is 25.8. The Kier molecular flexibility index (Phi) is 3.73. The molecule has 2 heterocycles. The first-order valence-corrected chi connectivity index (χ1v) is 5.45. The molecule has 1 aliphatic rings. The normalized spacial score (nSPS) is 19.1. The van der Waals surface area contributed by atoms with E-state index in [0.717, 1.165) is 0 Å². The van der Waals surface area contributed by atoms with Crippen molar-refractivity contribution in [2.45, 2.75) is 12.5 Å². The number of nitrogens with zero attached hydrogens (tertiary/aromatic N) is 1. The zero-order valence-corrected chi connectivity index (χ0v) is 9.55. The predicted octanol–water partition coefficient (Wildman–Crippen LogP) is 0.229. The lowest BCUT2D eigenvalue weighted by Crippen LogP contribution is -2.46. The summed E-state index contributed by atoms with van der Waals surface area (Å²) in [5, 5.41) is 13.6. The smallest absolute Gasteiger partial charge is 0.409 e. The molecular weight excluding hydrogens is 238 g/mol. The van der Waals surface area contributed by atoms with Gasteiger partial charge < -0.3 is 15.2 Å². The third-order valence-electron chi connectivity index (χ3n) is 2.44. The van der Waals surface area contributed by atoms with E-state index in [2.05, 4.69) is 15.6 Å². The van der Waals surface area contributed by atoms with Crippen molar-refractivity contribution in [3.63, 3.8) is 0 Å². The van der Waals surface area contributed by atoms with Gasteiger partial charge in [0, 0.05) is 24.0 Å². The lowest BCUT2D eigenvalue weighted by Gasteiger charge is -2.23. The van der Waals surface area contributed by atoms with Crippen LogP contribution in [-0.2, 0) is 16.0 Å². The van der Waals surface area contributed by atoms with Crippen LogP contribution in [0, 0.1) is 0 Å². The van der Waals surface area contributed by atoms with Crippen LogP contribution in [0.4, 0.5) is 10.5 Å². The Hall–Kier alpha value is -2.15. The fourth-order valence-corrected chi connectivity index (χ4v) is 1.76. The summed E-state index contributed by atoms with van der Waals surface area (Å²) in [5.74, 6) is -0.147. The molecule has 0 radical (unpaired) electrons. The lowest BCUT2D eigenvalue weighted by atomic mass is 10.1. The van der Waals surface area contributed by atoms with Gasteiger partial charge in [-0.25, -0.2) is 4.79 Å². The summed E-state index contributed by atoms with van der Waals surface area (Å²) in [5.41, 5.74) is 1.15. The molecule has 0 bridgehead atoms. The largest absolute Gasteiger partial charge is 0.465 e. The number of hydrogen-bond donors (Lipinski definition) is 3. The third-order valence-corrected chi connectivity index (χ3v) is 2.44. The molecule has 2 amide bonds. The van der Waals surface area contributed by atoms with Crippen LogP contribution in [0.2, 0.25) is 0 Å². The Morgan fingerprint density at radius 1 is 1.67 bits per heavy atom. The minimum atomic E-state index is -1.12. The molecule has 0 aromatic carbocycles. The average Bonchev–Trinajstić information content (AvgIpc) is 2.28. The van der Waals surface area contributed by atoms with Gasteiger partial charge in [0.2, 0.25) is 5.91 Å². The number of carbonyl (C=O) groups excluding carboxylic acids is 1. The highest BCUT2D eigenvalue weighted by atomic mass is 16.5. The Balaban J connectivity index is 2.00. The fraction of sp³-hybridized carbons (Fsp3) is 0.364. The molecule has 7 heteroatoms. The SMILES string of the molecule is O=C(O)Nc1ccnc(C[C@H]2COCC(=O)N2)c1. The molecule has 0 aliphatic carbocycles. The number of hydrogen-bond acceptors (Lipinski definition) is 4. The molecule has 1 saturated heterocycles. The zero-order chi connectivity index (χ0) is 13.0. The lowest BCUT2D eigenvalue weighted by molar-refractivity contribution is -0.131. The summed E-state index contributed by atoms with van der Waals surface area (Å²) in [6.45, 7) is 0.522. The van der Waals surface area contributed by atoms with Crippen molar-refractivity contribution >= 4 is 17.7 Å². The number of nitrogens with one attached hydrogen (secondary N) is 2. The van der Waals surface area contributed by atoms with Gasteiger partial charge in [-0.2, -0.15) is 0 Å². The van der Waals surface area contributed by atoms with Crippen molar-refractivity contribution in [3.05, 3.63) is 24.0 Å². The van der Waals surface area contributed by atoms with Gasteiger partial charge in [0.05, 0.1) is 12.6 Å². The van der Waals surface area contributed by atoms with Crippen molar-refractivity contribution < 1.29 is 19.4 Å². The first-order valence-electron chi connectivity index (χ1n) is 5.45. The Labute approximate surface area is 103 Å². The molecule has 1 atom stereocenters. The summed E-state index contributed by atoms with van der Waals surface area (Å²) in [6.07, 6.45) is 0.897. The van der Waals surface area contributed by atoms with Crippen molar-refractivity contribution in [1.82, 2.24) is 10.3 Å². The van der Waals surface area contributed by atoms with Crippen LogP contribution in [0.15, 0.2) is 18.3 Å². The maximum absolute atomic E-state index is 11.1. The number of aromatic nitrogens is 1. The summed E-state index contributed by atoms with van der Waals surface area (Å²) in [6, 6.07) is 3.07. The monoisotopic (exact) mass is 251 g/mol. The summed E-state index contributed by atoms with van der Waals surface area (Å²) >= 11 is 0. The number of amides is 2. The highest BCUT2D eigenvalue weighted by Crippen LogP contribution is 2.10. The van der Waals surface area contributed by atoms with Gasteiger partial charge in [-0.3, -0.25) is 15.1 Å². The van der Waals surface area contributed by atoms with Crippen LogP contribution in [0.3, 0.4) is 0 Å². The third kappa shape index (κ3) is 3.42. The maximum Gasteiger partial charge on any atom is 0.409 e. The van der Waals surface area contributed by atoms with E-state index in [4.69, 9.17) is 9.84 Å². The van der Waals surface area contributed by atoms with Gasteiger partial charge in [0.25, 0.3) is 0 Å². The maximum atomic E-state index is 11.1. The molecule has 1 fully saturated rings. The quantitative estimate of drug-likeness (QED) is 0.714. The molecule has 1 aliphatic heterocycles. The molecular formula is C11H13N3O4. The van der Waals surface area contributed by atoms with Crippen LogP contribution in [0.1, 0.15) is 5.69 Å². The summed E-state index contributed by atoms with van der Waals surface area (Å²) < 4.78 is 5.11. The molecule has 18 heavy (non-hydrogen) atoms. The fourth-order valence-electron chi connectivity index (χ4n) is 1.76. The van der Waals surface area contributed by atoms with Gasteiger partial charge in [0.15, 0.2) is 0 Å². The molecule has 1 aromatic heterocycles. The highest BCUT2D eigenvalue weighted by Gasteiger charge is 2.19. The second kappa shape index (κ2) is 5.46. The Morgan fingerprint density at radius 2 is 2.50 bits per heavy atom. The van der Waals surface area contributed by atoms with Gasteiger partial charge in [-0.05, 0) is 12.1 Å². The van der Waals surface area contributed by atoms with E-state index in [9.17, 15) is 9.59 Å². The van der Waals surface area contributed by atoms with Gasteiger partial charge in [0.1, 0.15) is 6.61 Å². The second-order valence-corrected chi connectivity index (χ2v) is 3.95. The molecule has 0 unspecified atom stereocenters. The van der Waals surface area contributed by atoms with E-state index in [-0.39, 0.29) is 18.6 Å². The topological polar surface area (TPSA) is 101 Å². The van der Waals surface area contributed by atoms with E-state index < -0.39 is 6.09 Å². The van der Waals surface area contributed by atoms with E-state index in [1.54, 1.807) is 12.1 Å². The predicted molar refractivity (Wildman–Crippen MR) is 62.3 cm³/mol. The second-order valence-electron chi connectivity index (χ2n) is 3.95. The van der Waals surface area contributed by atoms with Gasteiger partial charge in [-0.1, -0.05) is 0 Å². The number of morpholine rings is 1. The molecule has 7 nitrogen and oxygen atoms in total. The van der Waals surface area contributed by atoms with Crippen molar-refractivity contribution in [3.8, 4) is 0 Å². The Bertz CT molecular complexity index is 463. The average molecular weight is 251 g/mol. The van der Waals surface area contributed by atoms with E-state index in [1.807, 2.05) is 0 Å². The standard InChI is InChI=1S/C11H13N3O4/c15-10-6-18-5-9(13-10)4-8-3-7(1-2-12-8)14-11(16)17/h1-3,9H,4-6H2,(H,12,14)(H,13,15)(H,16,17)/t9-/m0/s1. The minimum absolute atomic E-state index is 0.0878. The number of rotatable bonds is 3. The highest BCUT2D eigenvalue weighted by molar-refractivity contribution is 5.82. The van der Waals surface area contributed by atoms with Crippen LogP contribution in [0.25, 0.3) is 0 Å². The molecule has 3 N–H and O–H groups in total. The van der Waals surface area contributed by atoms with Crippen molar-refractivity contribution in [1.29, 1.82) is 0 Å². The van der Waals surface area contributed by atoms with E-state index >= 15 is 0 Å². The molecule has 0 saturated carbocycles. The van der Waals surface area contributed by atoms with Crippen molar-refractivity contribution in [2.24, 2.45) is 0 Å². The number of ether oxygens (including phenoxy) is 1. The van der Waals surface area contributed by atoms with Crippen LogP contribution in [0.5, 0.6) is 0 Å². The van der Waals surface area contributed by atoms with Gasteiger partial charge >= 0.3 is 6.09 Å². The summed E-state index contributed by atoms with van der Waals surface area (Å²) in [7, 11) is 0. The number of carbonyl (C=O) groups is 2. The molecule has 0 spiro atoms. The molecule has 1 aromatic rings. The first-order chi connectivity index (χ1) is 8.63. The van der Waals surface area contributed by atoms with Crippen molar-refractivity contribution in [2.75, 3.05) is 18.5 Å². The zero-order valence-electron chi connectivity index (χ0n) is 9.55.